The Balaban J connectivity index is 1.13. The summed E-state index contributed by atoms with van der Waals surface area (Å²) in [7, 11) is 0. The highest BCUT2D eigenvalue weighted by Crippen LogP contribution is 2.47. The van der Waals surface area contributed by atoms with Gasteiger partial charge in [-0.15, -0.1) is 23.1 Å². The highest BCUT2D eigenvalue weighted by molar-refractivity contribution is 7.99. The van der Waals surface area contributed by atoms with Crippen LogP contribution < -0.4 is 15.5 Å². The predicted molar refractivity (Wildman–Crippen MR) is 154 cm³/mol. The van der Waals surface area contributed by atoms with Gasteiger partial charge in [0.1, 0.15) is 10.4 Å². The van der Waals surface area contributed by atoms with Gasteiger partial charge in [-0.3, -0.25) is 4.79 Å². The number of amides is 1. The van der Waals surface area contributed by atoms with E-state index in [-0.39, 0.29) is 23.6 Å². The van der Waals surface area contributed by atoms with Crippen LogP contribution >= 0.6 is 23.1 Å². The lowest BCUT2D eigenvalue weighted by Crippen LogP contribution is -2.43. The van der Waals surface area contributed by atoms with E-state index >= 15 is 0 Å². The molecule has 41 heavy (non-hydrogen) atoms. The SMILES string of the molecule is O=C1c2sc(-c3nc(Nc4ccc(N5C[C@@H]6C[C@H]5CN6)cc4C4CC4)ncc3C(F)(F)F)cc2SCCN1C1CC1. The van der Waals surface area contributed by atoms with Gasteiger partial charge in [-0.1, -0.05) is 0 Å². The van der Waals surface area contributed by atoms with Crippen molar-refractivity contribution < 1.29 is 18.0 Å². The fourth-order valence-electron chi connectivity index (χ4n) is 6.38. The van der Waals surface area contributed by atoms with Crippen LogP contribution in [0.15, 0.2) is 35.4 Å². The molecule has 2 atom stereocenters. The molecule has 0 unspecified atom stereocenters. The van der Waals surface area contributed by atoms with E-state index in [1.54, 1.807) is 6.07 Å². The van der Waals surface area contributed by atoms with Gasteiger partial charge in [-0.25, -0.2) is 9.97 Å². The number of rotatable bonds is 6. The van der Waals surface area contributed by atoms with Crippen LogP contribution in [0.1, 0.15) is 58.8 Å². The second-order valence-electron chi connectivity index (χ2n) is 11.7. The summed E-state index contributed by atoms with van der Waals surface area (Å²) in [6.07, 6.45) is 1.56. The van der Waals surface area contributed by atoms with Crippen molar-refractivity contribution in [1.82, 2.24) is 20.2 Å². The quantitative estimate of drug-likeness (QED) is 0.355. The Bertz CT molecular complexity index is 1540. The molecule has 2 aromatic heterocycles. The second-order valence-corrected chi connectivity index (χ2v) is 13.8. The number of carbonyl (C=O) groups excluding carboxylic acids is 1. The van der Waals surface area contributed by atoms with Gasteiger partial charge in [0.2, 0.25) is 5.95 Å². The number of anilines is 3. The molecule has 12 heteroatoms. The minimum atomic E-state index is -4.63. The van der Waals surface area contributed by atoms with Crippen LogP contribution in [0.3, 0.4) is 0 Å². The molecule has 8 rings (SSSR count). The third-order valence-electron chi connectivity index (χ3n) is 8.75. The van der Waals surface area contributed by atoms with Crippen molar-refractivity contribution in [3.05, 3.63) is 46.5 Å². The second kappa shape index (κ2) is 9.60. The van der Waals surface area contributed by atoms with Crippen molar-refractivity contribution in [3.8, 4) is 10.6 Å². The number of fused-ring (bicyclic) bond motifs is 3. The third kappa shape index (κ3) is 4.77. The fraction of sp³-hybridized carbons (Fsp3) is 0.483. The maximum atomic E-state index is 14.1. The first-order valence-corrected chi connectivity index (χ1v) is 16.1. The Morgan fingerprint density at radius 3 is 2.63 bits per heavy atom. The zero-order valence-electron chi connectivity index (χ0n) is 22.2. The topological polar surface area (TPSA) is 73.4 Å². The van der Waals surface area contributed by atoms with E-state index in [0.29, 0.717) is 34.3 Å². The molecule has 7 nitrogen and oxygen atoms in total. The lowest BCUT2D eigenvalue weighted by Gasteiger charge is -2.30. The molecular weight excluding hydrogens is 569 g/mol. The highest BCUT2D eigenvalue weighted by atomic mass is 32.2. The molecule has 214 valence electrons. The van der Waals surface area contributed by atoms with E-state index in [4.69, 9.17) is 0 Å². The number of alkyl halides is 3. The average molecular weight is 599 g/mol. The minimum absolute atomic E-state index is 0.0825. The number of halogens is 3. The Morgan fingerprint density at radius 1 is 1.07 bits per heavy atom. The Labute approximate surface area is 243 Å². The Morgan fingerprint density at radius 2 is 1.93 bits per heavy atom. The van der Waals surface area contributed by atoms with Crippen LogP contribution in [-0.2, 0) is 6.18 Å². The van der Waals surface area contributed by atoms with E-state index < -0.39 is 11.7 Å². The fourth-order valence-corrected chi connectivity index (χ4v) is 8.69. The number of thiophene rings is 1. The molecule has 3 aromatic rings. The van der Waals surface area contributed by atoms with E-state index in [1.165, 1.54) is 17.4 Å². The van der Waals surface area contributed by atoms with Crippen LogP contribution in [0.4, 0.5) is 30.5 Å². The monoisotopic (exact) mass is 598 g/mol. The van der Waals surface area contributed by atoms with Gasteiger partial charge in [-0.2, -0.15) is 13.2 Å². The number of aromatic nitrogens is 2. The summed E-state index contributed by atoms with van der Waals surface area (Å²) in [4.78, 5) is 27.7. The maximum Gasteiger partial charge on any atom is 0.420 e. The summed E-state index contributed by atoms with van der Waals surface area (Å²) in [6.45, 7) is 2.66. The number of piperazine rings is 1. The third-order valence-corrected chi connectivity index (χ3v) is 11.0. The first kappa shape index (κ1) is 25.8. The van der Waals surface area contributed by atoms with Crippen LogP contribution in [0, 0.1) is 0 Å². The molecule has 0 radical (unpaired) electrons. The van der Waals surface area contributed by atoms with Gasteiger partial charge in [0.15, 0.2) is 0 Å². The van der Waals surface area contributed by atoms with Crippen LogP contribution in [-0.4, -0.2) is 64.3 Å². The average Bonchev–Trinajstić information content (AvgIpc) is 3.87. The molecule has 2 aliphatic carbocycles. The molecule has 4 fully saturated rings. The number of nitrogens with one attached hydrogen (secondary N) is 2. The molecule has 3 aliphatic heterocycles. The summed E-state index contributed by atoms with van der Waals surface area (Å²) >= 11 is 2.63. The van der Waals surface area contributed by atoms with Gasteiger partial charge in [0.25, 0.3) is 5.91 Å². The Hall–Kier alpha value is -2.83. The van der Waals surface area contributed by atoms with Crippen LogP contribution in [0.5, 0.6) is 0 Å². The first-order chi connectivity index (χ1) is 19.8. The molecule has 2 saturated carbocycles. The number of hydrogen-bond acceptors (Lipinski definition) is 8. The van der Waals surface area contributed by atoms with Crippen molar-refractivity contribution in [2.24, 2.45) is 0 Å². The first-order valence-electron chi connectivity index (χ1n) is 14.2. The van der Waals surface area contributed by atoms with Crippen LogP contribution in [0.2, 0.25) is 0 Å². The summed E-state index contributed by atoms with van der Waals surface area (Å²) < 4.78 is 42.4. The zero-order valence-corrected chi connectivity index (χ0v) is 23.8. The van der Waals surface area contributed by atoms with Gasteiger partial charge in [0, 0.05) is 66.0 Å². The molecule has 1 amide bonds. The largest absolute Gasteiger partial charge is 0.420 e. The number of nitrogens with zero attached hydrogens (tertiary/aromatic N) is 4. The molecule has 2 saturated heterocycles. The van der Waals surface area contributed by atoms with E-state index in [1.807, 2.05) is 11.0 Å². The summed E-state index contributed by atoms with van der Waals surface area (Å²) in [5.74, 6) is 1.19. The van der Waals surface area contributed by atoms with Crippen molar-refractivity contribution in [1.29, 1.82) is 0 Å². The molecule has 5 heterocycles. The smallest absolute Gasteiger partial charge is 0.366 e. The lowest BCUT2D eigenvalue weighted by atomic mass is 10.1. The van der Waals surface area contributed by atoms with Gasteiger partial charge in [0.05, 0.1) is 10.6 Å². The van der Waals surface area contributed by atoms with Crippen molar-refractivity contribution >= 4 is 46.3 Å². The summed E-state index contributed by atoms with van der Waals surface area (Å²) in [5, 5.41) is 6.79. The highest BCUT2D eigenvalue weighted by Gasteiger charge is 2.40. The molecule has 1 aromatic carbocycles. The maximum absolute atomic E-state index is 14.1. The van der Waals surface area contributed by atoms with Crippen molar-refractivity contribution in [3.63, 3.8) is 0 Å². The molecule has 2 bridgehead atoms. The van der Waals surface area contributed by atoms with E-state index in [0.717, 1.165) is 84.6 Å². The summed E-state index contributed by atoms with van der Waals surface area (Å²) in [6, 6.07) is 9.33. The van der Waals surface area contributed by atoms with E-state index in [2.05, 4.69) is 37.6 Å². The predicted octanol–water partition coefficient (Wildman–Crippen LogP) is 6.11. The Kier molecular flexibility index (Phi) is 6.05. The lowest BCUT2D eigenvalue weighted by molar-refractivity contribution is -0.137. The molecule has 0 spiro atoms. The van der Waals surface area contributed by atoms with Gasteiger partial charge < -0.3 is 20.4 Å². The van der Waals surface area contributed by atoms with Gasteiger partial charge >= 0.3 is 6.18 Å². The van der Waals surface area contributed by atoms with Gasteiger partial charge in [-0.05, 0) is 67.9 Å². The van der Waals surface area contributed by atoms with Crippen molar-refractivity contribution in [2.45, 2.75) is 67.2 Å². The zero-order chi connectivity index (χ0) is 27.9. The summed E-state index contributed by atoms with van der Waals surface area (Å²) in [5.41, 5.74) is 2.10. The normalized spacial score (nSPS) is 24.1. The standard InChI is InChI=1S/C29H29F3N6OS2/c30-29(31,32)21-13-34-28(36-25(21)23-11-24-26(41-23)27(39)37(7-8-40-24)17-3-4-17)35-22-6-5-18(10-20(22)15-1-2-15)38-14-16-9-19(38)12-33-16/h5-6,10-11,13,15-17,19,33H,1-4,7-9,12,14H2,(H,34,35,36)/t16-,19-/m0/s1. The van der Waals surface area contributed by atoms with Crippen LogP contribution in [0.25, 0.3) is 10.6 Å². The number of benzene rings is 1. The van der Waals surface area contributed by atoms with E-state index in [9.17, 15) is 18.0 Å². The minimum Gasteiger partial charge on any atom is -0.366 e. The molecule has 2 N–H and O–H groups in total. The molecule has 5 aliphatic rings. The number of hydrogen-bond donors (Lipinski definition) is 2. The van der Waals surface area contributed by atoms with Crippen molar-refractivity contribution in [2.75, 3.05) is 35.6 Å². The number of thioether (sulfide) groups is 1. The molecular formula is C29H29F3N6OS2. The number of carbonyl (C=O) groups is 1.